The Morgan fingerprint density at radius 3 is 2.39 bits per heavy atom. The van der Waals surface area contributed by atoms with Crippen LogP contribution < -0.4 is 0 Å². The second kappa shape index (κ2) is 6.51. The van der Waals surface area contributed by atoms with Crippen molar-refractivity contribution in [2.75, 3.05) is 39.8 Å². The van der Waals surface area contributed by atoms with Crippen molar-refractivity contribution >= 4 is 11.8 Å². The summed E-state index contributed by atoms with van der Waals surface area (Å²) in [5.74, 6) is -0.935. The molecule has 2 rings (SSSR count). The first-order valence-electron chi connectivity index (χ1n) is 7.66. The summed E-state index contributed by atoms with van der Waals surface area (Å²) in [4.78, 5) is 29.4. The van der Waals surface area contributed by atoms with Gasteiger partial charge in [0.1, 0.15) is 12.0 Å². The van der Waals surface area contributed by atoms with Crippen LogP contribution in [0.2, 0.25) is 0 Å². The highest BCUT2D eigenvalue weighted by Gasteiger charge is 2.49. The van der Waals surface area contributed by atoms with Gasteiger partial charge in [-0.15, -0.1) is 6.58 Å². The molecule has 2 fully saturated rings. The molecule has 2 heterocycles. The third-order valence-electron chi connectivity index (χ3n) is 4.77. The molecule has 2 aliphatic rings. The van der Waals surface area contributed by atoms with Gasteiger partial charge in [-0.3, -0.25) is 14.5 Å². The molecule has 2 saturated heterocycles. The summed E-state index contributed by atoms with van der Waals surface area (Å²) in [5.41, 5.74) is -0.712. The molecule has 0 aliphatic carbocycles. The summed E-state index contributed by atoms with van der Waals surface area (Å²) in [6.45, 7) is 5.77. The minimum Gasteiger partial charge on any atom is -0.342 e. The number of hydrogen-bond acceptors (Lipinski definition) is 3. The number of piperidine rings is 1. The lowest BCUT2D eigenvalue weighted by Crippen LogP contribution is -2.68. The number of likely N-dealkylation sites (N-methyl/N-ethyl adjacent to an activating group) is 1. The minimum atomic E-state index is -4.50. The first-order valence-corrected chi connectivity index (χ1v) is 7.66. The average molecular weight is 333 g/mol. The van der Waals surface area contributed by atoms with Crippen molar-refractivity contribution < 1.29 is 22.8 Å². The highest BCUT2D eigenvalue weighted by atomic mass is 19.4. The van der Waals surface area contributed by atoms with E-state index in [-0.39, 0.29) is 19.0 Å². The van der Waals surface area contributed by atoms with Crippen LogP contribution in [0.5, 0.6) is 0 Å². The van der Waals surface area contributed by atoms with Crippen LogP contribution in [0.4, 0.5) is 13.2 Å². The third kappa shape index (κ3) is 3.68. The maximum absolute atomic E-state index is 12.8. The Kier molecular flexibility index (Phi) is 5.03. The number of hydrogen-bond donors (Lipinski definition) is 0. The van der Waals surface area contributed by atoms with Gasteiger partial charge < -0.3 is 9.80 Å². The van der Waals surface area contributed by atoms with E-state index in [1.54, 1.807) is 11.0 Å². The molecule has 2 aliphatic heterocycles. The Morgan fingerprint density at radius 1 is 1.26 bits per heavy atom. The van der Waals surface area contributed by atoms with Crippen molar-refractivity contribution in [1.82, 2.24) is 14.7 Å². The molecule has 23 heavy (non-hydrogen) atoms. The van der Waals surface area contributed by atoms with Gasteiger partial charge in [0.05, 0.1) is 0 Å². The molecule has 0 aromatic heterocycles. The van der Waals surface area contributed by atoms with Crippen molar-refractivity contribution in [3.8, 4) is 0 Å². The van der Waals surface area contributed by atoms with Gasteiger partial charge in [0.2, 0.25) is 11.8 Å². The van der Waals surface area contributed by atoms with E-state index in [0.29, 0.717) is 32.5 Å². The number of carbonyl (C=O) groups is 2. The Bertz CT molecular complexity index is 485. The van der Waals surface area contributed by atoms with Gasteiger partial charge in [-0.2, -0.15) is 13.2 Å². The van der Waals surface area contributed by atoms with Crippen LogP contribution in [0.25, 0.3) is 0 Å². The van der Waals surface area contributed by atoms with Crippen LogP contribution in [-0.4, -0.2) is 78.0 Å². The van der Waals surface area contributed by atoms with Crippen LogP contribution in [0.15, 0.2) is 12.7 Å². The minimum absolute atomic E-state index is 0.0194. The molecule has 0 bridgehead atoms. The van der Waals surface area contributed by atoms with E-state index in [4.69, 9.17) is 0 Å². The molecule has 8 heteroatoms. The van der Waals surface area contributed by atoms with E-state index >= 15 is 0 Å². The Hall–Kier alpha value is -1.57. The SMILES string of the molecule is C=CCN1CCN(C)C2(CCN(C(=O)CC(F)(F)F)CC2)C1=O. The van der Waals surface area contributed by atoms with Gasteiger partial charge in [-0.1, -0.05) is 6.08 Å². The van der Waals surface area contributed by atoms with Gasteiger partial charge in [0, 0.05) is 32.7 Å². The van der Waals surface area contributed by atoms with Crippen LogP contribution in [0, 0.1) is 0 Å². The molecule has 0 aromatic rings. The molecular formula is C15H22F3N3O2. The van der Waals surface area contributed by atoms with Crippen LogP contribution in [0.3, 0.4) is 0 Å². The smallest absolute Gasteiger partial charge is 0.342 e. The molecule has 5 nitrogen and oxygen atoms in total. The first kappa shape index (κ1) is 17.8. The maximum Gasteiger partial charge on any atom is 0.397 e. The average Bonchev–Trinajstić information content (AvgIpc) is 2.47. The number of amides is 2. The van der Waals surface area contributed by atoms with E-state index in [0.717, 1.165) is 0 Å². The highest BCUT2D eigenvalue weighted by molar-refractivity contribution is 5.88. The zero-order valence-corrected chi connectivity index (χ0v) is 13.2. The highest BCUT2D eigenvalue weighted by Crippen LogP contribution is 2.33. The van der Waals surface area contributed by atoms with E-state index in [1.165, 1.54) is 4.90 Å². The number of piperazine rings is 1. The van der Waals surface area contributed by atoms with Crippen molar-refractivity contribution in [1.29, 1.82) is 0 Å². The fraction of sp³-hybridized carbons (Fsp3) is 0.733. The summed E-state index contributed by atoms with van der Waals surface area (Å²) >= 11 is 0. The third-order valence-corrected chi connectivity index (χ3v) is 4.77. The van der Waals surface area contributed by atoms with E-state index in [1.807, 2.05) is 11.9 Å². The summed E-state index contributed by atoms with van der Waals surface area (Å²) in [5, 5.41) is 0. The van der Waals surface area contributed by atoms with Gasteiger partial charge >= 0.3 is 6.18 Å². The number of halogens is 3. The van der Waals surface area contributed by atoms with E-state index in [9.17, 15) is 22.8 Å². The van der Waals surface area contributed by atoms with Crippen LogP contribution in [-0.2, 0) is 9.59 Å². The molecular weight excluding hydrogens is 311 g/mol. The number of carbonyl (C=O) groups excluding carboxylic acids is 2. The fourth-order valence-corrected chi connectivity index (χ4v) is 3.38. The normalized spacial score (nSPS) is 22.5. The molecule has 0 unspecified atom stereocenters. The summed E-state index contributed by atoms with van der Waals surface area (Å²) in [6.07, 6.45) is -3.55. The van der Waals surface area contributed by atoms with Gasteiger partial charge in [0.25, 0.3) is 0 Å². The molecule has 1 spiro atoms. The molecule has 0 radical (unpaired) electrons. The molecule has 0 saturated carbocycles. The van der Waals surface area contributed by atoms with Crippen molar-refractivity contribution in [3.05, 3.63) is 12.7 Å². The predicted octanol–water partition coefficient (Wildman–Crippen LogP) is 1.26. The Labute approximate surface area is 133 Å². The lowest BCUT2D eigenvalue weighted by Gasteiger charge is -2.51. The second-order valence-electron chi connectivity index (χ2n) is 6.17. The van der Waals surface area contributed by atoms with Gasteiger partial charge in [-0.25, -0.2) is 0 Å². The van der Waals surface area contributed by atoms with Crippen molar-refractivity contribution in [3.63, 3.8) is 0 Å². The summed E-state index contributed by atoms with van der Waals surface area (Å²) in [6, 6.07) is 0. The monoisotopic (exact) mass is 333 g/mol. The molecule has 130 valence electrons. The van der Waals surface area contributed by atoms with Crippen LogP contribution in [0.1, 0.15) is 19.3 Å². The van der Waals surface area contributed by atoms with Crippen molar-refractivity contribution in [2.45, 2.75) is 31.0 Å². The lowest BCUT2D eigenvalue weighted by molar-refractivity contribution is -0.167. The topological polar surface area (TPSA) is 43.9 Å². The molecule has 2 amide bonds. The summed E-state index contributed by atoms with van der Waals surface area (Å²) in [7, 11) is 1.86. The second-order valence-corrected chi connectivity index (χ2v) is 6.17. The number of nitrogens with zero attached hydrogens (tertiary/aromatic N) is 3. The Morgan fingerprint density at radius 2 is 1.87 bits per heavy atom. The number of likely N-dealkylation sites (tertiary alicyclic amines) is 1. The number of rotatable bonds is 3. The molecule has 0 aromatic carbocycles. The van der Waals surface area contributed by atoms with Gasteiger partial charge in [-0.05, 0) is 19.9 Å². The van der Waals surface area contributed by atoms with E-state index in [2.05, 4.69) is 6.58 Å². The molecule has 0 N–H and O–H groups in total. The van der Waals surface area contributed by atoms with Crippen molar-refractivity contribution in [2.24, 2.45) is 0 Å². The van der Waals surface area contributed by atoms with Gasteiger partial charge in [0.15, 0.2) is 0 Å². The number of alkyl halides is 3. The molecule has 0 atom stereocenters. The standard InChI is InChI=1S/C15H22F3N3O2/c1-3-6-21-10-9-19(2)14(13(21)23)4-7-20(8-5-14)12(22)11-15(16,17)18/h3H,1,4-11H2,2H3. The zero-order chi connectivity index (χ0) is 17.3. The maximum atomic E-state index is 12.8. The fourth-order valence-electron chi connectivity index (χ4n) is 3.38. The largest absolute Gasteiger partial charge is 0.397 e. The predicted molar refractivity (Wildman–Crippen MR) is 78.6 cm³/mol. The first-order chi connectivity index (χ1) is 10.7. The zero-order valence-electron chi connectivity index (χ0n) is 13.2. The lowest BCUT2D eigenvalue weighted by atomic mass is 9.82. The van der Waals surface area contributed by atoms with E-state index < -0.39 is 24.0 Å². The summed E-state index contributed by atoms with van der Waals surface area (Å²) < 4.78 is 37.0. The Balaban J connectivity index is 2.04. The quantitative estimate of drug-likeness (QED) is 0.731. The van der Waals surface area contributed by atoms with Crippen LogP contribution >= 0.6 is 0 Å².